The standard InChI is InChI=1S/C18H20O/c1-2-9-17(19-18-12-7-4-8-13-18)15-14-16-10-5-3-6-11-16/h2-8,10-13,17H,1,9,14-15H2/t17-/m1/s1. The Morgan fingerprint density at radius 1 is 0.947 bits per heavy atom. The molecule has 0 radical (unpaired) electrons. The van der Waals surface area contributed by atoms with Crippen molar-refractivity contribution in [1.82, 2.24) is 0 Å². The number of ether oxygens (including phenoxy) is 1. The summed E-state index contributed by atoms with van der Waals surface area (Å²) >= 11 is 0. The summed E-state index contributed by atoms with van der Waals surface area (Å²) in [5.41, 5.74) is 1.35. The summed E-state index contributed by atoms with van der Waals surface area (Å²) in [5, 5.41) is 0. The van der Waals surface area contributed by atoms with Crippen LogP contribution in [-0.4, -0.2) is 6.10 Å². The number of rotatable bonds is 7. The molecule has 98 valence electrons. The summed E-state index contributed by atoms with van der Waals surface area (Å²) in [5.74, 6) is 0.933. The Kier molecular flexibility index (Phi) is 5.24. The highest BCUT2D eigenvalue weighted by atomic mass is 16.5. The highest BCUT2D eigenvalue weighted by molar-refractivity contribution is 5.21. The smallest absolute Gasteiger partial charge is 0.119 e. The Bertz CT molecular complexity index is 476. The Labute approximate surface area is 115 Å². The summed E-state index contributed by atoms with van der Waals surface area (Å²) in [4.78, 5) is 0. The van der Waals surface area contributed by atoms with Crippen molar-refractivity contribution in [3.8, 4) is 5.75 Å². The van der Waals surface area contributed by atoms with Gasteiger partial charge in [-0.3, -0.25) is 0 Å². The van der Waals surface area contributed by atoms with E-state index in [1.54, 1.807) is 0 Å². The van der Waals surface area contributed by atoms with Gasteiger partial charge in [0, 0.05) is 6.42 Å². The maximum Gasteiger partial charge on any atom is 0.119 e. The molecule has 2 rings (SSSR count). The van der Waals surface area contributed by atoms with Gasteiger partial charge in [0.25, 0.3) is 0 Å². The monoisotopic (exact) mass is 252 g/mol. The van der Waals surface area contributed by atoms with Crippen molar-refractivity contribution >= 4 is 0 Å². The van der Waals surface area contributed by atoms with E-state index in [-0.39, 0.29) is 6.10 Å². The third-order valence-electron chi connectivity index (χ3n) is 3.07. The van der Waals surface area contributed by atoms with Gasteiger partial charge in [0.2, 0.25) is 0 Å². The molecule has 0 fully saturated rings. The summed E-state index contributed by atoms with van der Waals surface area (Å²) < 4.78 is 6.01. The molecule has 0 heterocycles. The van der Waals surface area contributed by atoms with E-state index >= 15 is 0 Å². The largest absolute Gasteiger partial charge is 0.490 e. The molecule has 0 saturated carbocycles. The van der Waals surface area contributed by atoms with Crippen LogP contribution in [0.1, 0.15) is 18.4 Å². The fourth-order valence-corrected chi connectivity index (χ4v) is 2.07. The zero-order chi connectivity index (χ0) is 13.3. The molecule has 1 heteroatoms. The molecule has 0 aliphatic heterocycles. The summed E-state index contributed by atoms with van der Waals surface area (Å²) in [6.45, 7) is 3.82. The minimum Gasteiger partial charge on any atom is -0.490 e. The summed E-state index contributed by atoms with van der Waals surface area (Å²) in [7, 11) is 0. The Hall–Kier alpha value is -2.02. The molecule has 0 saturated heterocycles. The van der Waals surface area contributed by atoms with Crippen molar-refractivity contribution in [2.45, 2.75) is 25.4 Å². The second-order valence-electron chi connectivity index (χ2n) is 4.60. The van der Waals surface area contributed by atoms with Gasteiger partial charge in [-0.1, -0.05) is 54.6 Å². The number of hydrogen-bond donors (Lipinski definition) is 0. The quantitative estimate of drug-likeness (QED) is 0.652. The van der Waals surface area contributed by atoms with Crippen LogP contribution in [0.5, 0.6) is 5.75 Å². The lowest BCUT2D eigenvalue weighted by molar-refractivity contribution is 0.194. The van der Waals surface area contributed by atoms with E-state index in [0.29, 0.717) is 0 Å². The average Bonchev–Trinajstić information content (AvgIpc) is 2.47. The van der Waals surface area contributed by atoms with Gasteiger partial charge < -0.3 is 4.74 Å². The van der Waals surface area contributed by atoms with Gasteiger partial charge in [-0.05, 0) is 30.5 Å². The first-order chi connectivity index (χ1) is 9.38. The highest BCUT2D eigenvalue weighted by Gasteiger charge is 2.08. The maximum atomic E-state index is 6.01. The molecule has 2 aromatic carbocycles. The maximum absolute atomic E-state index is 6.01. The topological polar surface area (TPSA) is 9.23 Å². The number of para-hydroxylation sites is 1. The molecule has 0 N–H and O–H groups in total. The van der Waals surface area contributed by atoms with E-state index in [0.717, 1.165) is 25.0 Å². The number of hydrogen-bond acceptors (Lipinski definition) is 1. The van der Waals surface area contributed by atoms with Crippen LogP contribution in [0.3, 0.4) is 0 Å². The van der Waals surface area contributed by atoms with E-state index in [2.05, 4.69) is 30.8 Å². The van der Waals surface area contributed by atoms with Crippen LogP contribution in [0.25, 0.3) is 0 Å². The molecule has 0 aromatic heterocycles. The predicted octanol–water partition coefficient (Wildman–Crippen LogP) is 4.64. The van der Waals surface area contributed by atoms with E-state index < -0.39 is 0 Å². The number of benzene rings is 2. The van der Waals surface area contributed by atoms with Crippen LogP contribution in [0.2, 0.25) is 0 Å². The van der Waals surface area contributed by atoms with E-state index in [9.17, 15) is 0 Å². The van der Waals surface area contributed by atoms with Gasteiger partial charge in [-0.15, -0.1) is 6.58 Å². The molecule has 0 aliphatic carbocycles. The Morgan fingerprint density at radius 2 is 1.58 bits per heavy atom. The van der Waals surface area contributed by atoms with E-state index in [1.807, 2.05) is 42.5 Å². The Morgan fingerprint density at radius 3 is 2.21 bits per heavy atom. The first-order valence-corrected chi connectivity index (χ1v) is 6.75. The lowest BCUT2D eigenvalue weighted by Crippen LogP contribution is -2.16. The van der Waals surface area contributed by atoms with E-state index in [1.165, 1.54) is 5.56 Å². The van der Waals surface area contributed by atoms with Crippen LogP contribution < -0.4 is 4.74 Å². The SMILES string of the molecule is C=CC[C@H](CCc1ccccc1)Oc1ccccc1. The molecular weight excluding hydrogens is 232 g/mol. The lowest BCUT2D eigenvalue weighted by Gasteiger charge is -2.17. The lowest BCUT2D eigenvalue weighted by atomic mass is 10.0. The van der Waals surface area contributed by atoms with Gasteiger partial charge in [0.15, 0.2) is 0 Å². The molecule has 19 heavy (non-hydrogen) atoms. The normalized spacial score (nSPS) is 11.8. The molecule has 2 aromatic rings. The average molecular weight is 252 g/mol. The van der Waals surface area contributed by atoms with Gasteiger partial charge in [0.1, 0.15) is 11.9 Å². The minimum atomic E-state index is 0.195. The van der Waals surface area contributed by atoms with Crippen molar-refractivity contribution in [1.29, 1.82) is 0 Å². The molecule has 1 atom stereocenters. The molecule has 0 spiro atoms. The fraction of sp³-hybridized carbons (Fsp3) is 0.222. The van der Waals surface area contributed by atoms with Gasteiger partial charge in [0.05, 0.1) is 0 Å². The van der Waals surface area contributed by atoms with Gasteiger partial charge in [-0.2, -0.15) is 0 Å². The molecule has 0 bridgehead atoms. The summed E-state index contributed by atoms with van der Waals surface area (Å²) in [6, 6.07) is 20.5. The van der Waals surface area contributed by atoms with Crippen LogP contribution >= 0.6 is 0 Å². The van der Waals surface area contributed by atoms with Crippen LogP contribution in [0, 0.1) is 0 Å². The molecule has 0 amide bonds. The first-order valence-electron chi connectivity index (χ1n) is 6.75. The first kappa shape index (κ1) is 13.4. The number of aryl methyl sites for hydroxylation is 1. The second-order valence-corrected chi connectivity index (χ2v) is 4.60. The van der Waals surface area contributed by atoms with E-state index in [4.69, 9.17) is 4.74 Å². The second kappa shape index (κ2) is 7.42. The van der Waals surface area contributed by atoms with Crippen molar-refractivity contribution < 1.29 is 4.74 Å². The van der Waals surface area contributed by atoms with Crippen LogP contribution in [0.15, 0.2) is 73.3 Å². The van der Waals surface area contributed by atoms with Crippen molar-refractivity contribution in [3.05, 3.63) is 78.9 Å². The molecule has 0 aliphatic rings. The predicted molar refractivity (Wildman–Crippen MR) is 80.4 cm³/mol. The van der Waals surface area contributed by atoms with Crippen molar-refractivity contribution in [3.63, 3.8) is 0 Å². The zero-order valence-corrected chi connectivity index (χ0v) is 11.2. The Balaban J connectivity index is 1.91. The zero-order valence-electron chi connectivity index (χ0n) is 11.2. The molecule has 0 unspecified atom stereocenters. The van der Waals surface area contributed by atoms with Gasteiger partial charge >= 0.3 is 0 Å². The van der Waals surface area contributed by atoms with Gasteiger partial charge in [-0.25, -0.2) is 0 Å². The fourth-order valence-electron chi connectivity index (χ4n) is 2.07. The van der Waals surface area contributed by atoms with Crippen LogP contribution in [0.4, 0.5) is 0 Å². The van der Waals surface area contributed by atoms with Crippen LogP contribution in [-0.2, 0) is 6.42 Å². The van der Waals surface area contributed by atoms with Crippen molar-refractivity contribution in [2.24, 2.45) is 0 Å². The minimum absolute atomic E-state index is 0.195. The highest BCUT2D eigenvalue weighted by Crippen LogP contribution is 2.16. The van der Waals surface area contributed by atoms with Crippen molar-refractivity contribution in [2.75, 3.05) is 0 Å². The molecular formula is C18H20O. The molecule has 1 nitrogen and oxygen atoms in total. The summed E-state index contributed by atoms with van der Waals surface area (Å²) in [6.07, 6.45) is 5.04. The third kappa shape index (κ3) is 4.63. The third-order valence-corrected chi connectivity index (χ3v) is 3.07.